The standard InChI is InChI=1S/C12H23O2P/c1-4-9-14-15(13)10-7-12(5-2,6-3)8-11-15/h4H,1,5-11H2,2-3H3. The molecule has 0 spiro atoms. The Morgan fingerprint density at radius 2 is 1.87 bits per heavy atom. The molecule has 0 aromatic rings. The molecule has 1 saturated heterocycles. The zero-order chi connectivity index (χ0) is 11.4. The Labute approximate surface area is 93.5 Å². The van der Waals surface area contributed by atoms with E-state index < -0.39 is 7.37 Å². The first-order chi connectivity index (χ1) is 7.10. The Kier molecular flexibility index (Phi) is 4.61. The molecule has 0 unspecified atom stereocenters. The molecule has 1 heterocycles. The van der Waals surface area contributed by atoms with Gasteiger partial charge in [0, 0.05) is 12.3 Å². The van der Waals surface area contributed by atoms with Crippen LogP contribution in [-0.2, 0) is 9.09 Å². The van der Waals surface area contributed by atoms with Crippen molar-refractivity contribution in [1.29, 1.82) is 0 Å². The summed E-state index contributed by atoms with van der Waals surface area (Å²) < 4.78 is 17.7. The molecule has 2 nitrogen and oxygen atoms in total. The highest BCUT2D eigenvalue weighted by Crippen LogP contribution is 2.57. The van der Waals surface area contributed by atoms with Crippen LogP contribution in [0.3, 0.4) is 0 Å². The number of hydrogen-bond donors (Lipinski definition) is 0. The van der Waals surface area contributed by atoms with Crippen LogP contribution in [-0.4, -0.2) is 18.9 Å². The van der Waals surface area contributed by atoms with E-state index in [1.54, 1.807) is 6.08 Å². The van der Waals surface area contributed by atoms with E-state index in [4.69, 9.17) is 4.52 Å². The summed E-state index contributed by atoms with van der Waals surface area (Å²) in [5.41, 5.74) is 0.436. The number of hydrogen-bond acceptors (Lipinski definition) is 2. The van der Waals surface area contributed by atoms with E-state index in [2.05, 4.69) is 20.4 Å². The maximum Gasteiger partial charge on any atom is 0.203 e. The van der Waals surface area contributed by atoms with Gasteiger partial charge in [0.25, 0.3) is 0 Å². The Balaban J connectivity index is 2.53. The molecular weight excluding hydrogens is 207 g/mol. The second-order valence-electron chi connectivity index (χ2n) is 4.55. The van der Waals surface area contributed by atoms with Gasteiger partial charge in [-0.15, -0.1) is 6.58 Å². The fourth-order valence-electron chi connectivity index (χ4n) is 2.33. The van der Waals surface area contributed by atoms with Crippen molar-refractivity contribution in [3.8, 4) is 0 Å². The fraction of sp³-hybridized carbons (Fsp3) is 0.833. The SMILES string of the molecule is C=CCOP1(=O)CCC(CC)(CC)CC1. The molecule has 0 bridgehead atoms. The van der Waals surface area contributed by atoms with Crippen molar-refractivity contribution in [2.45, 2.75) is 39.5 Å². The second kappa shape index (κ2) is 5.32. The molecule has 0 amide bonds. The molecule has 0 saturated carbocycles. The van der Waals surface area contributed by atoms with Gasteiger partial charge in [-0.3, -0.25) is 4.57 Å². The highest BCUT2D eigenvalue weighted by atomic mass is 31.2. The molecule has 0 radical (unpaired) electrons. The molecule has 1 aliphatic heterocycles. The predicted octanol–water partition coefficient (Wildman–Crippen LogP) is 4.07. The number of rotatable bonds is 5. The van der Waals surface area contributed by atoms with Crippen molar-refractivity contribution < 1.29 is 9.09 Å². The highest BCUT2D eigenvalue weighted by molar-refractivity contribution is 7.59. The smallest absolute Gasteiger partial charge is 0.203 e. The van der Waals surface area contributed by atoms with Gasteiger partial charge in [-0.25, -0.2) is 0 Å². The van der Waals surface area contributed by atoms with Gasteiger partial charge in [0.15, 0.2) is 0 Å². The summed E-state index contributed by atoms with van der Waals surface area (Å²) in [6.45, 7) is 8.50. The van der Waals surface area contributed by atoms with Crippen LogP contribution in [0, 0.1) is 5.41 Å². The molecular formula is C12H23O2P. The van der Waals surface area contributed by atoms with Crippen LogP contribution in [0.15, 0.2) is 12.7 Å². The first-order valence-electron chi connectivity index (χ1n) is 5.93. The summed E-state index contributed by atoms with van der Waals surface area (Å²) in [7, 11) is -2.31. The molecule has 0 N–H and O–H groups in total. The molecule has 0 atom stereocenters. The largest absolute Gasteiger partial charge is 0.324 e. The lowest BCUT2D eigenvalue weighted by molar-refractivity contribution is 0.219. The van der Waals surface area contributed by atoms with E-state index in [1.807, 2.05) is 0 Å². The van der Waals surface area contributed by atoms with Gasteiger partial charge in [0.05, 0.1) is 6.61 Å². The summed E-state index contributed by atoms with van der Waals surface area (Å²) in [5.74, 6) is 0. The molecule has 1 aliphatic rings. The maximum absolute atomic E-state index is 12.2. The van der Waals surface area contributed by atoms with Gasteiger partial charge < -0.3 is 4.52 Å². The van der Waals surface area contributed by atoms with Crippen molar-refractivity contribution >= 4 is 7.37 Å². The lowest BCUT2D eigenvalue weighted by atomic mass is 9.77. The van der Waals surface area contributed by atoms with Gasteiger partial charge in [0.2, 0.25) is 7.37 Å². The predicted molar refractivity (Wildman–Crippen MR) is 65.7 cm³/mol. The van der Waals surface area contributed by atoms with E-state index in [1.165, 1.54) is 12.8 Å². The summed E-state index contributed by atoms with van der Waals surface area (Å²) in [6, 6.07) is 0. The fourth-order valence-corrected chi connectivity index (χ4v) is 4.82. The normalized spacial score (nSPS) is 23.6. The lowest BCUT2D eigenvalue weighted by Gasteiger charge is -2.38. The zero-order valence-corrected chi connectivity index (χ0v) is 10.9. The van der Waals surface area contributed by atoms with E-state index in [0.717, 1.165) is 25.2 Å². The van der Waals surface area contributed by atoms with Gasteiger partial charge in [-0.05, 0) is 18.3 Å². The Hall–Kier alpha value is -0.0700. The van der Waals surface area contributed by atoms with Crippen molar-refractivity contribution in [1.82, 2.24) is 0 Å². The van der Waals surface area contributed by atoms with Crippen LogP contribution >= 0.6 is 7.37 Å². The summed E-state index contributed by atoms with van der Waals surface area (Å²) >= 11 is 0. The Bertz CT molecular complexity index is 242. The second-order valence-corrected chi connectivity index (χ2v) is 7.34. The van der Waals surface area contributed by atoms with Gasteiger partial charge in [0.1, 0.15) is 0 Å². The van der Waals surface area contributed by atoms with Crippen molar-refractivity contribution in [3.63, 3.8) is 0 Å². The van der Waals surface area contributed by atoms with Gasteiger partial charge >= 0.3 is 0 Å². The summed E-state index contributed by atoms with van der Waals surface area (Å²) in [6.07, 6.45) is 7.74. The molecule has 88 valence electrons. The zero-order valence-electron chi connectivity index (χ0n) is 10.00. The third kappa shape index (κ3) is 3.19. The average Bonchev–Trinajstić information content (AvgIpc) is 2.29. The molecule has 0 aromatic carbocycles. The van der Waals surface area contributed by atoms with Crippen LogP contribution < -0.4 is 0 Å². The minimum Gasteiger partial charge on any atom is -0.324 e. The van der Waals surface area contributed by atoms with E-state index >= 15 is 0 Å². The van der Waals surface area contributed by atoms with Crippen LogP contribution in [0.4, 0.5) is 0 Å². The van der Waals surface area contributed by atoms with E-state index in [0.29, 0.717) is 12.0 Å². The quantitative estimate of drug-likeness (QED) is 0.525. The monoisotopic (exact) mass is 230 g/mol. The van der Waals surface area contributed by atoms with Gasteiger partial charge in [-0.1, -0.05) is 32.8 Å². The Morgan fingerprint density at radius 3 is 2.27 bits per heavy atom. The Morgan fingerprint density at radius 1 is 1.33 bits per heavy atom. The third-order valence-corrected chi connectivity index (χ3v) is 6.32. The van der Waals surface area contributed by atoms with E-state index in [9.17, 15) is 4.57 Å². The van der Waals surface area contributed by atoms with Crippen LogP contribution in [0.1, 0.15) is 39.5 Å². The maximum atomic E-state index is 12.2. The van der Waals surface area contributed by atoms with Crippen LogP contribution in [0.25, 0.3) is 0 Å². The summed E-state index contributed by atoms with van der Waals surface area (Å²) in [4.78, 5) is 0. The van der Waals surface area contributed by atoms with Crippen molar-refractivity contribution in [2.24, 2.45) is 5.41 Å². The topological polar surface area (TPSA) is 26.3 Å². The molecule has 3 heteroatoms. The van der Waals surface area contributed by atoms with Crippen molar-refractivity contribution in [3.05, 3.63) is 12.7 Å². The molecule has 1 rings (SSSR count). The molecule has 15 heavy (non-hydrogen) atoms. The van der Waals surface area contributed by atoms with Crippen LogP contribution in [0.5, 0.6) is 0 Å². The molecule has 1 fully saturated rings. The minimum atomic E-state index is -2.31. The van der Waals surface area contributed by atoms with E-state index in [-0.39, 0.29) is 0 Å². The minimum absolute atomic E-state index is 0.433. The first kappa shape index (κ1) is 13.0. The van der Waals surface area contributed by atoms with Crippen LogP contribution in [0.2, 0.25) is 0 Å². The van der Waals surface area contributed by atoms with Gasteiger partial charge in [-0.2, -0.15) is 0 Å². The highest BCUT2D eigenvalue weighted by Gasteiger charge is 2.38. The first-order valence-corrected chi connectivity index (χ1v) is 7.93. The summed E-state index contributed by atoms with van der Waals surface area (Å²) in [5, 5.41) is 0. The molecule has 0 aliphatic carbocycles. The lowest BCUT2D eigenvalue weighted by Crippen LogP contribution is -2.27. The molecule has 0 aromatic heterocycles. The third-order valence-electron chi connectivity index (χ3n) is 3.89. The van der Waals surface area contributed by atoms with Crippen molar-refractivity contribution in [2.75, 3.05) is 18.9 Å². The average molecular weight is 230 g/mol.